The van der Waals surface area contributed by atoms with E-state index in [9.17, 15) is 0 Å². The first-order chi connectivity index (χ1) is 10.7. The van der Waals surface area contributed by atoms with E-state index in [4.69, 9.17) is 15.9 Å². The minimum absolute atomic E-state index is 0.233. The monoisotopic (exact) mass is 295 g/mol. The van der Waals surface area contributed by atoms with Crippen LogP contribution in [-0.2, 0) is 6.54 Å². The van der Waals surface area contributed by atoms with Gasteiger partial charge < -0.3 is 14.8 Å². The molecule has 22 heavy (non-hydrogen) atoms. The van der Waals surface area contributed by atoms with Crippen molar-refractivity contribution in [1.29, 1.82) is 0 Å². The van der Waals surface area contributed by atoms with Crippen LogP contribution in [0.1, 0.15) is 16.7 Å². The molecule has 0 bridgehead atoms. The van der Waals surface area contributed by atoms with Crippen molar-refractivity contribution in [1.82, 2.24) is 0 Å². The van der Waals surface area contributed by atoms with E-state index < -0.39 is 0 Å². The fourth-order valence-corrected chi connectivity index (χ4v) is 2.20. The number of anilines is 1. The van der Waals surface area contributed by atoms with Crippen molar-refractivity contribution in [3.63, 3.8) is 0 Å². The molecule has 2 aromatic rings. The molecule has 0 aliphatic heterocycles. The van der Waals surface area contributed by atoms with Gasteiger partial charge in [0.2, 0.25) is 0 Å². The maximum atomic E-state index is 5.45. The Morgan fingerprint density at radius 1 is 1.14 bits per heavy atom. The average Bonchev–Trinajstić information content (AvgIpc) is 2.54. The summed E-state index contributed by atoms with van der Waals surface area (Å²) in [5.74, 6) is 3.80. The highest BCUT2D eigenvalue weighted by Gasteiger charge is 2.06. The first-order valence-corrected chi connectivity index (χ1v) is 7.19. The van der Waals surface area contributed by atoms with Crippen LogP contribution in [0.4, 0.5) is 5.69 Å². The van der Waals surface area contributed by atoms with Crippen LogP contribution in [-0.4, -0.2) is 13.7 Å². The number of nitrogens with one attached hydrogen (secondary N) is 1. The molecule has 0 aliphatic carbocycles. The van der Waals surface area contributed by atoms with Gasteiger partial charge in [0.15, 0.2) is 11.5 Å². The van der Waals surface area contributed by atoms with Gasteiger partial charge in [0.1, 0.15) is 6.61 Å². The SMILES string of the molecule is C#CCOc1ccc(CNc2cccc(C)c2C)cc1OC. The van der Waals surface area contributed by atoms with Crippen LogP contribution < -0.4 is 14.8 Å². The Morgan fingerprint density at radius 2 is 1.95 bits per heavy atom. The molecule has 0 fully saturated rings. The van der Waals surface area contributed by atoms with Gasteiger partial charge in [-0.25, -0.2) is 0 Å². The van der Waals surface area contributed by atoms with Crippen molar-refractivity contribution in [2.75, 3.05) is 19.0 Å². The molecule has 114 valence electrons. The van der Waals surface area contributed by atoms with E-state index in [-0.39, 0.29) is 6.61 Å². The third-order valence-electron chi connectivity index (χ3n) is 3.63. The molecule has 0 spiro atoms. The number of methoxy groups -OCH3 is 1. The number of hydrogen-bond donors (Lipinski definition) is 1. The average molecular weight is 295 g/mol. The Labute approximate surface area is 132 Å². The van der Waals surface area contributed by atoms with E-state index in [0.717, 1.165) is 17.8 Å². The van der Waals surface area contributed by atoms with Crippen LogP contribution in [0.25, 0.3) is 0 Å². The van der Waals surface area contributed by atoms with E-state index in [0.29, 0.717) is 11.5 Å². The summed E-state index contributed by atoms with van der Waals surface area (Å²) < 4.78 is 10.8. The predicted octanol–water partition coefficient (Wildman–Crippen LogP) is 3.94. The van der Waals surface area contributed by atoms with E-state index in [2.05, 4.69) is 43.3 Å². The van der Waals surface area contributed by atoms with Crippen LogP contribution in [0.5, 0.6) is 11.5 Å². The van der Waals surface area contributed by atoms with Crippen LogP contribution in [0, 0.1) is 26.2 Å². The lowest BCUT2D eigenvalue weighted by Gasteiger charge is -2.13. The van der Waals surface area contributed by atoms with Crippen LogP contribution >= 0.6 is 0 Å². The summed E-state index contributed by atoms with van der Waals surface area (Å²) >= 11 is 0. The van der Waals surface area contributed by atoms with Crippen LogP contribution in [0.2, 0.25) is 0 Å². The van der Waals surface area contributed by atoms with Crippen molar-refractivity contribution in [3.8, 4) is 23.8 Å². The molecular weight excluding hydrogens is 274 g/mol. The lowest BCUT2D eigenvalue weighted by molar-refractivity contribution is 0.330. The molecule has 0 radical (unpaired) electrons. The molecular formula is C19H21NO2. The van der Waals surface area contributed by atoms with Gasteiger partial charge in [0, 0.05) is 12.2 Å². The minimum Gasteiger partial charge on any atom is -0.493 e. The second-order valence-corrected chi connectivity index (χ2v) is 5.08. The van der Waals surface area contributed by atoms with Crippen LogP contribution in [0.15, 0.2) is 36.4 Å². The Bertz CT molecular complexity index is 686. The highest BCUT2D eigenvalue weighted by molar-refractivity contribution is 5.54. The molecule has 2 aromatic carbocycles. The van der Waals surface area contributed by atoms with Gasteiger partial charge in [0.25, 0.3) is 0 Å². The molecule has 0 amide bonds. The lowest BCUT2D eigenvalue weighted by Crippen LogP contribution is -2.03. The van der Waals surface area contributed by atoms with Crippen molar-refractivity contribution in [3.05, 3.63) is 53.1 Å². The Balaban J connectivity index is 2.10. The second kappa shape index (κ2) is 7.42. The van der Waals surface area contributed by atoms with Crippen LogP contribution in [0.3, 0.4) is 0 Å². The Hall–Kier alpha value is -2.60. The van der Waals surface area contributed by atoms with E-state index >= 15 is 0 Å². The standard InChI is InChI=1S/C19H21NO2/c1-5-11-22-18-10-9-16(12-19(18)21-4)13-20-17-8-6-7-14(2)15(17)3/h1,6-10,12,20H,11,13H2,2-4H3. The molecule has 0 atom stereocenters. The normalized spacial score (nSPS) is 9.91. The maximum absolute atomic E-state index is 5.45. The Morgan fingerprint density at radius 3 is 2.68 bits per heavy atom. The summed E-state index contributed by atoms with van der Waals surface area (Å²) in [4.78, 5) is 0. The number of hydrogen-bond acceptors (Lipinski definition) is 3. The third-order valence-corrected chi connectivity index (χ3v) is 3.63. The first-order valence-electron chi connectivity index (χ1n) is 7.19. The molecule has 3 nitrogen and oxygen atoms in total. The van der Waals surface area contributed by atoms with Gasteiger partial charge in [-0.2, -0.15) is 0 Å². The third kappa shape index (κ3) is 3.73. The molecule has 0 saturated carbocycles. The summed E-state index contributed by atoms with van der Waals surface area (Å²) in [5, 5.41) is 3.46. The summed E-state index contributed by atoms with van der Waals surface area (Å²) in [6.45, 7) is 5.18. The number of ether oxygens (including phenoxy) is 2. The molecule has 0 aromatic heterocycles. The highest BCUT2D eigenvalue weighted by Crippen LogP contribution is 2.28. The Kier molecular flexibility index (Phi) is 5.32. The molecule has 1 N–H and O–H groups in total. The zero-order valence-electron chi connectivity index (χ0n) is 13.3. The largest absolute Gasteiger partial charge is 0.493 e. The maximum Gasteiger partial charge on any atom is 0.162 e. The summed E-state index contributed by atoms with van der Waals surface area (Å²) in [6, 6.07) is 12.1. The van der Waals surface area contributed by atoms with Gasteiger partial charge in [-0.1, -0.05) is 24.1 Å². The summed E-state index contributed by atoms with van der Waals surface area (Å²) in [6.07, 6.45) is 5.21. The summed E-state index contributed by atoms with van der Waals surface area (Å²) in [7, 11) is 1.62. The number of benzene rings is 2. The predicted molar refractivity (Wildman–Crippen MR) is 90.6 cm³/mol. The zero-order valence-corrected chi connectivity index (χ0v) is 13.3. The fourth-order valence-electron chi connectivity index (χ4n) is 2.20. The lowest BCUT2D eigenvalue weighted by atomic mass is 10.1. The molecule has 0 aliphatic rings. The van der Waals surface area contributed by atoms with E-state index in [1.807, 2.05) is 18.2 Å². The molecule has 0 heterocycles. The zero-order chi connectivity index (χ0) is 15.9. The molecule has 2 rings (SSSR count). The fraction of sp³-hybridized carbons (Fsp3) is 0.263. The van der Waals surface area contributed by atoms with E-state index in [1.165, 1.54) is 11.1 Å². The number of rotatable bonds is 6. The number of aryl methyl sites for hydroxylation is 1. The minimum atomic E-state index is 0.233. The van der Waals surface area contributed by atoms with Gasteiger partial charge in [-0.05, 0) is 48.7 Å². The van der Waals surface area contributed by atoms with Gasteiger partial charge in [-0.3, -0.25) is 0 Å². The first kappa shape index (κ1) is 15.8. The van der Waals surface area contributed by atoms with Crippen molar-refractivity contribution < 1.29 is 9.47 Å². The number of terminal acetylenes is 1. The van der Waals surface area contributed by atoms with Crippen molar-refractivity contribution in [2.45, 2.75) is 20.4 Å². The smallest absolute Gasteiger partial charge is 0.162 e. The highest BCUT2D eigenvalue weighted by atomic mass is 16.5. The summed E-state index contributed by atoms with van der Waals surface area (Å²) in [5.41, 5.74) is 4.81. The van der Waals surface area contributed by atoms with Crippen molar-refractivity contribution >= 4 is 5.69 Å². The molecule has 0 unspecified atom stereocenters. The van der Waals surface area contributed by atoms with Gasteiger partial charge in [-0.15, -0.1) is 6.42 Å². The van der Waals surface area contributed by atoms with E-state index in [1.54, 1.807) is 7.11 Å². The molecule has 0 saturated heterocycles. The van der Waals surface area contributed by atoms with Crippen molar-refractivity contribution in [2.24, 2.45) is 0 Å². The van der Waals surface area contributed by atoms with Gasteiger partial charge >= 0.3 is 0 Å². The second-order valence-electron chi connectivity index (χ2n) is 5.08. The quantitative estimate of drug-likeness (QED) is 0.819. The topological polar surface area (TPSA) is 30.5 Å². The van der Waals surface area contributed by atoms with Gasteiger partial charge in [0.05, 0.1) is 7.11 Å². The molecule has 3 heteroatoms.